The zero-order valence-electron chi connectivity index (χ0n) is 12.2. The summed E-state index contributed by atoms with van der Waals surface area (Å²) in [6.45, 7) is 3.59. The van der Waals surface area contributed by atoms with Crippen molar-refractivity contribution in [3.05, 3.63) is 36.9 Å². The van der Waals surface area contributed by atoms with E-state index >= 15 is 0 Å². The molecule has 1 amide bonds. The summed E-state index contributed by atoms with van der Waals surface area (Å²) in [5.74, 6) is -2.31. The van der Waals surface area contributed by atoms with Gasteiger partial charge in [-0.3, -0.25) is 9.59 Å². The van der Waals surface area contributed by atoms with Gasteiger partial charge in [0.2, 0.25) is 5.91 Å². The van der Waals surface area contributed by atoms with Crippen molar-refractivity contribution in [2.75, 3.05) is 5.32 Å². The first-order valence-electron chi connectivity index (χ1n) is 6.90. The Morgan fingerprint density at radius 1 is 1.23 bits per heavy atom. The molecule has 0 bridgehead atoms. The van der Waals surface area contributed by atoms with Crippen LogP contribution in [0.5, 0.6) is 0 Å². The predicted molar refractivity (Wildman–Crippen MR) is 78.4 cm³/mol. The minimum absolute atomic E-state index is 0.258. The molecule has 0 saturated heterocycles. The van der Waals surface area contributed by atoms with Crippen LogP contribution in [0.2, 0.25) is 0 Å². The smallest absolute Gasteiger partial charge is 0.307 e. The SMILES string of the molecule is CC1(C)[C@@H](C(=O)O)[C@@H]1C(=O)Nc1ccc(-n2cncn2)cc1. The summed E-state index contributed by atoms with van der Waals surface area (Å²) < 4.78 is 1.61. The zero-order chi connectivity index (χ0) is 15.9. The lowest BCUT2D eigenvalue weighted by Gasteiger charge is -2.07. The standard InChI is InChI=1S/C15H16N4O3/c1-15(2)11(12(15)14(21)22)13(20)18-9-3-5-10(6-4-9)19-8-16-7-17-19/h3-8,11-12H,1-2H3,(H,18,20)(H,21,22)/t11-,12-/m1/s1. The second kappa shape index (κ2) is 4.94. The van der Waals surface area contributed by atoms with Crippen molar-refractivity contribution in [1.82, 2.24) is 14.8 Å². The molecule has 3 rings (SSSR count). The maximum Gasteiger partial charge on any atom is 0.307 e. The number of amides is 1. The number of anilines is 1. The molecule has 1 aromatic carbocycles. The summed E-state index contributed by atoms with van der Waals surface area (Å²) in [7, 11) is 0. The van der Waals surface area contributed by atoms with Crippen molar-refractivity contribution >= 4 is 17.6 Å². The van der Waals surface area contributed by atoms with E-state index in [-0.39, 0.29) is 5.91 Å². The number of carboxylic acids is 1. The Morgan fingerprint density at radius 2 is 1.91 bits per heavy atom. The Labute approximate surface area is 127 Å². The van der Waals surface area contributed by atoms with Crippen LogP contribution in [0.1, 0.15) is 13.8 Å². The molecule has 2 aromatic rings. The monoisotopic (exact) mass is 300 g/mol. The highest BCUT2D eigenvalue weighted by atomic mass is 16.4. The van der Waals surface area contributed by atoms with E-state index in [1.54, 1.807) is 49.1 Å². The van der Waals surface area contributed by atoms with Crippen LogP contribution in [0.3, 0.4) is 0 Å². The molecular weight excluding hydrogens is 284 g/mol. The molecule has 1 aromatic heterocycles. The third-order valence-corrected chi connectivity index (χ3v) is 4.19. The van der Waals surface area contributed by atoms with Gasteiger partial charge >= 0.3 is 5.97 Å². The number of aliphatic carboxylic acids is 1. The lowest BCUT2D eigenvalue weighted by molar-refractivity contribution is -0.140. The van der Waals surface area contributed by atoms with Crippen LogP contribution in [0.25, 0.3) is 5.69 Å². The zero-order valence-corrected chi connectivity index (χ0v) is 12.2. The third kappa shape index (κ3) is 2.34. The molecule has 1 aliphatic rings. The molecule has 1 fully saturated rings. The lowest BCUT2D eigenvalue weighted by Crippen LogP contribution is -2.17. The highest BCUT2D eigenvalue weighted by Gasteiger charge is 2.65. The van der Waals surface area contributed by atoms with Crippen LogP contribution in [-0.2, 0) is 9.59 Å². The van der Waals surface area contributed by atoms with Gasteiger partial charge in [0, 0.05) is 5.69 Å². The molecule has 1 aliphatic carbocycles. The molecule has 114 valence electrons. The minimum Gasteiger partial charge on any atom is -0.481 e. The number of hydrogen-bond donors (Lipinski definition) is 2. The van der Waals surface area contributed by atoms with Gasteiger partial charge in [-0.15, -0.1) is 0 Å². The number of carbonyl (C=O) groups is 2. The first kappa shape index (κ1) is 14.2. The second-order valence-electron chi connectivity index (χ2n) is 5.99. The number of aromatic nitrogens is 3. The summed E-state index contributed by atoms with van der Waals surface area (Å²) in [6.07, 6.45) is 3.02. The molecule has 1 heterocycles. The fraction of sp³-hybridized carbons (Fsp3) is 0.333. The van der Waals surface area contributed by atoms with Crippen molar-refractivity contribution in [2.45, 2.75) is 13.8 Å². The Balaban J connectivity index is 1.69. The number of carbonyl (C=O) groups excluding carboxylic acids is 1. The summed E-state index contributed by atoms with van der Waals surface area (Å²) in [5, 5.41) is 15.9. The van der Waals surface area contributed by atoms with Gasteiger partial charge in [0.25, 0.3) is 0 Å². The largest absolute Gasteiger partial charge is 0.481 e. The van der Waals surface area contributed by atoms with E-state index in [2.05, 4.69) is 15.4 Å². The predicted octanol–water partition coefficient (Wildman–Crippen LogP) is 1.56. The van der Waals surface area contributed by atoms with E-state index in [1.807, 2.05) is 0 Å². The number of hydrogen-bond acceptors (Lipinski definition) is 4. The second-order valence-corrected chi connectivity index (χ2v) is 5.99. The average molecular weight is 300 g/mol. The van der Waals surface area contributed by atoms with E-state index in [9.17, 15) is 9.59 Å². The molecule has 1 saturated carbocycles. The van der Waals surface area contributed by atoms with E-state index in [0.29, 0.717) is 5.69 Å². The molecule has 0 aliphatic heterocycles. The van der Waals surface area contributed by atoms with Crippen molar-refractivity contribution < 1.29 is 14.7 Å². The van der Waals surface area contributed by atoms with Crippen molar-refractivity contribution in [3.8, 4) is 5.69 Å². The van der Waals surface area contributed by atoms with Gasteiger partial charge in [-0.2, -0.15) is 5.10 Å². The van der Waals surface area contributed by atoms with Crippen LogP contribution in [-0.4, -0.2) is 31.7 Å². The van der Waals surface area contributed by atoms with Crippen molar-refractivity contribution in [2.24, 2.45) is 17.3 Å². The number of benzene rings is 1. The number of nitrogens with one attached hydrogen (secondary N) is 1. The summed E-state index contributed by atoms with van der Waals surface area (Å²) in [5.41, 5.74) is 0.947. The molecule has 2 atom stereocenters. The lowest BCUT2D eigenvalue weighted by atomic mass is 10.1. The minimum atomic E-state index is -0.924. The van der Waals surface area contributed by atoms with Gasteiger partial charge in [0.15, 0.2) is 0 Å². The van der Waals surface area contributed by atoms with Gasteiger partial charge in [0.1, 0.15) is 12.7 Å². The summed E-state index contributed by atoms with van der Waals surface area (Å²) in [4.78, 5) is 27.2. The maximum absolute atomic E-state index is 12.2. The Hall–Kier alpha value is -2.70. The number of carboxylic acid groups (broad SMARTS) is 1. The van der Waals surface area contributed by atoms with Crippen LogP contribution in [0, 0.1) is 17.3 Å². The highest BCUT2D eigenvalue weighted by Crippen LogP contribution is 2.58. The molecule has 22 heavy (non-hydrogen) atoms. The quantitative estimate of drug-likeness (QED) is 0.893. The summed E-state index contributed by atoms with van der Waals surface area (Å²) >= 11 is 0. The molecular formula is C15H16N4O3. The van der Waals surface area contributed by atoms with E-state index in [4.69, 9.17) is 5.11 Å². The Morgan fingerprint density at radius 3 is 2.41 bits per heavy atom. The first-order chi connectivity index (χ1) is 10.4. The third-order valence-electron chi connectivity index (χ3n) is 4.19. The van der Waals surface area contributed by atoms with E-state index in [1.165, 1.54) is 6.33 Å². The molecule has 2 N–H and O–H groups in total. The Bertz CT molecular complexity index is 707. The highest BCUT2D eigenvalue weighted by molar-refractivity contribution is 5.99. The van der Waals surface area contributed by atoms with Crippen LogP contribution in [0.15, 0.2) is 36.9 Å². The van der Waals surface area contributed by atoms with Gasteiger partial charge < -0.3 is 10.4 Å². The topological polar surface area (TPSA) is 97.1 Å². The van der Waals surface area contributed by atoms with Gasteiger partial charge in [-0.1, -0.05) is 13.8 Å². The van der Waals surface area contributed by atoms with Crippen molar-refractivity contribution in [1.29, 1.82) is 0 Å². The van der Waals surface area contributed by atoms with E-state index in [0.717, 1.165) is 5.69 Å². The van der Waals surface area contributed by atoms with Gasteiger partial charge in [-0.25, -0.2) is 9.67 Å². The fourth-order valence-corrected chi connectivity index (χ4v) is 2.85. The van der Waals surface area contributed by atoms with E-state index < -0.39 is 23.2 Å². The Kier molecular flexibility index (Phi) is 3.20. The maximum atomic E-state index is 12.2. The normalized spacial score (nSPS) is 22.1. The average Bonchev–Trinajstić information content (AvgIpc) is 2.84. The van der Waals surface area contributed by atoms with Crippen LogP contribution < -0.4 is 5.32 Å². The summed E-state index contributed by atoms with van der Waals surface area (Å²) in [6, 6.07) is 7.11. The molecule has 7 heteroatoms. The fourth-order valence-electron chi connectivity index (χ4n) is 2.85. The van der Waals surface area contributed by atoms with Gasteiger partial charge in [-0.05, 0) is 29.7 Å². The molecule has 0 unspecified atom stereocenters. The van der Waals surface area contributed by atoms with Gasteiger partial charge in [0.05, 0.1) is 17.5 Å². The van der Waals surface area contributed by atoms with Crippen LogP contribution >= 0.6 is 0 Å². The molecule has 7 nitrogen and oxygen atoms in total. The number of nitrogens with zero attached hydrogens (tertiary/aromatic N) is 3. The number of rotatable bonds is 4. The first-order valence-corrected chi connectivity index (χ1v) is 6.90. The van der Waals surface area contributed by atoms with Crippen molar-refractivity contribution in [3.63, 3.8) is 0 Å². The molecule has 0 radical (unpaired) electrons. The van der Waals surface area contributed by atoms with Crippen LogP contribution in [0.4, 0.5) is 5.69 Å². The molecule has 0 spiro atoms.